The molecule has 0 amide bonds. The molecule has 1 rings (SSSR count). The number of nitrogens with one attached hydrogen (secondary N) is 1. The SMILES string of the molecule is CCC(CC)CC(NN)C1CC1C. The van der Waals surface area contributed by atoms with Gasteiger partial charge in [0.05, 0.1) is 0 Å². The summed E-state index contributed by atoms with van der Waals surface area (Å²) >= 11 is 0. The summed E-state index contributed by atoms with van der Waals surface area (Å²) in [6.07, 6.45) is 5.21. The minimum atomic E-state index is 0.569. The van der Waals surface area contributed by atoms with E-state index in [1.54, 1.807) is 0 Å². The van der Waals surface area contributed by atoms with Crippen molar-refractivity contribution in [2.45, 2.75) is 52.5 Å². The van der Waals surface area contributed by atoms with E-state index in [4.69, 9.17) is 5.84 Å². The highest BCUT2D eigenvalue weighted by Crippen LogP contribution is 2.42. The van der Waals surface area contributed by atoms with E-state index in [-0.39, 0.29) is 0 Å². The van der Waals surface area contributed by atoms with Gasteiger partial charge in [0.25, 0.3) is 0 Å². The average Bonchev–Trinajstić information content (AvgIpc) is 2.85. The second-order valence-corrected chi connectivity index (χ2v) is 4.57. The normalized spacial score (nSPS) is 29.3. The fourth-order valence-electron chi connectivity index (χ4n) is 2.26. The molecule has 1 saturated carbocycles. The predicted octanol–water partition coefficient (Wildman–Crippen LogP) is 2.30. The first-order valence-corrected chi connectivity index (χ1v) is 5.69. The minimum Gasteiger partial charge on any atom is -0.271 e. The lowest BCUT2D eigenvalue weighted by Crippen LogP contribution is -2.38. The predicted molar refractivity (Wildman–Crippen MR) is 57.1 cm³/mol. The molecular weight excluding hydrogens is 160 g/mol. The molecule has 1 aliphatic rings. The summed E-state index contributed by atoms with van der Waals surface area (Å²) in [5, 5.41) is 0. The molecule has 0 aromatic carbocycles. The van der Waals surface area contributed by atoms with Gasteiger partial charge in [-0.05, 0) is 30.6 Å². The second kappa shape index (κ2) is 4.97. The Morgan fingerprint density at radius 2 is 1.92 bits per heavy atom. The van der Waals surface area contributed by atoms with Crippen molar-refractivity contribution in [2.24, 2.45) is 23.6 Å². The van der Waals surface area contributed by atoms with Crippen molar-refractivity contribution in [1.29, 1.82) is 0 Å². The number of hydrogen-bond acceptors (Lipinski definition) is 2. The van der Waals surface area contributed by atoms with Gasteiger partial charge in [-0.25, -0.2) is 0 Å². The van der Waals surface area contributed by atoms with Crippen LogP contribution in [0.15, 0.2) is 0 Å². The van der Waals surface area contributed by atoms with Crippen LogP contribution in [-0.2, 0) is 0 Å². The topological polar surface area (TPSA) is 38.0 Å². The summed E-state index contributed by atoms with van der Waals surface area (Å²) in [7, 11) is 0. The maximum atomic E-state index is 5.58. The summed E-state index contributed by atoms with van der Waals surface area (Å²) < 4.78 is 0. The molecule has 3 N–H and O–H groups in total. The van der Waals surface area contributed by atoms with Gasteiger partial charge in [0.2, 0.25) is 0 Å². The van der Waals surface area contributed by atoms with E-state index in [0.717, 1.165) is 17.8 Å². The van der Waals surface area contributed by atoms with Gasteiger partial charge in [-0.1, -0.05) is 33.6 Å². The molecule has 3 atom stereocenters. The first-order valence-electron chi connectivity index (χ1n) is 5.69. The van der Waals surface area contributed by atoms with E-state index < -0.39 is 0 Å². The van der Waals surface area contributed by atoms with Crippen LogP contribution in [0.25, 0.3) is 0 Å². The van der Waals surface area contributed by atoms with E-state index in [0.29, 0.717) is 6.04 Å². The maximum absolute atomic E-state index is 5.58. The molecule has 0 spiro atoms. The van der Waals surface area contributed by atoms with Crippen LogP contribution in [0.3, 0.4) is 0 Å². The lowest BCUT2D eigenvalue weighted by molar-refractivity contribution is 0.336. The van der Waals surface area contributed by atoms with Crippen molar-refractivity contribution in [3.63, 3.8) is 0 Å². The Balaban J connectivity index is 2.30. The quantitative estimate of drug-likeness (QED) is 0.491. The lowest BCUT2D eigenvalue weighted by Gasteiger charge is -2.21. The molecule has 0 heterocycles. The smallest absolute Gasteiger partial charge is 0.0244 e. The molecule has 0 saturated heterocycles. The molecular formula is C11H24N2. The monoisotopic (exact) mass is 184 g/mol. The van der Waals surface area contributed by atoms with E-state index in [2.05, 4.69) is 26.2 Å². The Morgan fingerprint density at radius 3 is 2.23 bits per heavy atom. The first kappa shape index (κ1) is 11.0. The number of hydrazine groups is 1. The number of rotatable bonds is 6. The number of nitrogens with two attached hydrogens (primary N) is 1. The van der Waals surface area contributed by atoms with Gasteiger partial charge in [0, 0.05) is 6.04 Å². The van der Waals surface area contributed by atoms with Crippen LogP contribution in [-0.4, -0.2) is 6.04 Å². The molecule has 13 heavy (non-hydrogen) atoms. The third-order valence-corrected chi connectivity index (χ3v) is 3.64. The van der Waals surface area contributed by atoms with Crippen LogP contribution < -0.4 is 11.3 Å². The lowest BCUT2D eigenvalue weighted by atomic mass is 9.92. The zero-order chi connectivity index (χ0) is 9.84. The molecule has 0 bridgehead atoms. The fourth-order valence-corrected chi connectivity index (χ4v) is 2.26. The number of hydrogen-bond donors (Lipinski definition) is 2. The van der Waals surface area contributed by atoms with E-state index in [1.807, 2.05) is 0 Å². The minimum absolute atomic E-state index is 0.569. The fraction of sp³-hybridized carbons (Fsp3) is 1.00. The van der Waals surface area contributed by atoms with Crippen LogP contribution in [0.2, 0.25) is 0 Å². The van der Waals surface area contributed by atoms with Gasteiger partial charge >= 0.3 is 0 Å². The van der Waals surface area contributed by atoms with Crippen LogP contribution in [0, 0.1) is 17.8 Å². The molecule has 2 heteroatoms. The molecule has 2 nitrogen and oxygen atoms in total. The highest BCUT2D eigenvalue weighted by molar-refractivity contribution is 4.92. The molecule has 0 aromatic rings. The van der Waals surface area contributed by atoms with Crippen molar-refractivity contribution in [1.82, 2.24) is 5.43 Å². The van der Waals surface area contributed by atoms with Gasteiger partial charge < -0.3 is 0 Å². The third kappa shape index (κ3) is 2.96. The highest BCUT2D eigenvalue weighted by atomic mass is 15.2. The van der Waals surface area contributed by atoms with Gasteiger partial charge in [-0.2, -0.15) is 0 Å². The Hall–Kier alpha value is -0.0800. The molecule has 0 radical (unpaired) electrons. The van der Waals surface area contributed by atoms with Gasteiger partial charge in [0.1, 0.15) is 0 Å². The average molecular weight is 184 g/mol. The van der Waals surface area contributed by atoms with Crippen LogP contribution in [0.4, 0.5) is 0 Å². The molecule has 1 aliphatic carbocycles. The van der Waals surface area contributed by atoms with E-state index >= 15 is 0 Å². The zero-order valence-corrected chi connectivity index (χ0v) is 9.22. The Morgan fingerprint density at radius 1 is 1.38 bits per heavy atom. The molecule has 78 valence electrons. The van der Waals surface area contributed by atoms with Crippen molar-refractivity contribution in [3.05, 3.63) is 0 Å². The summed E-state index contributed by atoms with van der Waals surface area (Å²) in [4.78, 5) is 0. The highest BCUT2D eigenvalue weighted by Gasteiger charge is 2.39. The van der Waals surface area contributed by atoms with Gasteiger partial charge in [-0.15, -0.1) is 0 Å². The van der Waals surface area contributed by atoms with Gasteiger partial charge in [0.15, 0.2) is 0 Å². The van der Waals surface area contributed by atoms with Crippen molar-refractivity contribution in [2.75, 3.05) is 0 Å². The van der Waals surface area contributed by atoms with Crippen LogP contribution >= 0.6 is 0 Å². The maximum Gasteiger partial charge on any atom is 0.0244 e. The van der Waals surface area contributed by atoms with Crippen molar-refractivity contribution < 1.29 is 0 Å². The standard InChI is InChI=1S/C11H24N2/c1-4-9(5-2)7-11(13-12)10-6-8(10)3/h8-11,13H,4-7,12H2,1-3H3. The largest absolute Gasteiger partial charge is 0.271 e. The van der Waals surface area contributed by atoms with Crippen molar-refractivity contribution >= 4 is 0 Å². The Bertz CT molecular complexity index is 143. The van der Waals surface area contributed by atoms with Crippen LogP contribution in [0.5, 0.6) is 0 Å². The molecule has 0 aromatic heterocycles. The first-order chi connectivity index (χ1) is 6.22. The van der Waals surface area contributed by atoms with Crippen molar-refractivity contribution in [3.8, 4) is 0 Å². The summed E-state index contributed by atoms with van der Waals surface area (Å²) in [5.41, 5.74) is 2.99. The van der Waals surface area contributed by atoms with Crippen LogP contribution in [0.1, 0.15) is 46.5 Å². The molecule has 1 fully saturated rings. The summed E-state index contributed by atoms with van der Waals surface area (Å²) in [5.74, 6) is 8.19. The zero-order valence-electron chi connectivity index (χ0n) is 9.22. The molecule has 3 unspecified atom stereocenters. The van der Waals surface area contributed by atoms with E-state index in [9.17, 15) is 0 Å². The summed E-state index contributed by atoms with van der Waals surface area (Å²) in [6, 6.07) is 0.569. The molecule has 0 aliphatic heterocycles. The van der Waals surface area contributed by atoms with Gasteiger partial charge in [-0.3, -0.25) is 11.3 Å². The Labute approximate surface area is 82.2 Å². The van der Waals surface area contributed by atoms with E-state index in [1.165, 1.54) is 25.7 Å². The third-order valence-electron chi connectivity index (χ3n) is 3.64. The second-order valence-electron chi connectivity index (χ2n) is 4.57. The Kier molecular flexibility index (Phi) is 4.20. The summed E-state index contributed by atoms with van der Waals surface area (Å²) in [6.45, 7) is 6.87.